The van der Waals surface area contributed by atoms with Crippen LogP contribution in [0.15, 0.2) is 24.3 Å². The van der Waals surface area contributed by atoms with Crippen LogP contribution in [0.1, 0.15) is 18.9 Å². The number of nitrogens with one attached hydrogen (secondary N) is 1. The van der Waals surface area contributed by atoms with Crippen LogP contribution < -0.4 is 10.1 Å². The van der Waals surface area contributed by atoms with Crippen LogP contribution in [0.4, 0.5) is 0 Å². The van der Waals surface area contributed by atoms with Crippen molar-refractivity contribution in [3.05, 3.63) is 29.8 Å². The highest BCUT2D eigenvalue weighted by atomic mass is 35.5. The molecule has 2 rings (SSSR count). The molecule has 4 nitrogen and oxygen atoms in total. The molecular formula is C16H25ClN2O2. The summed E-state index contributed by atoms with van der Waals surface area (Å²) >= 11 is 0. The second-order valence-corrected chi connectivity index (χ2v) is 5.31. The molecule has 1 fully saturated rings. The van der Waals surface area contributed by atoms with Gasteiger partial charge < -0.3 is 15.0 Å². The first-order chi connectivity index (χ1) is 9.72. The highest BCUT2D eigenvalue weighted by Crippen LogP contribution is 2.18. The summed E-state index contributed by atoms with van der Waals surface area (Å²) in [4.78, 5) is 14.2. The number of likely N-dealkylation sites (tertiary alicyclic amines) is 1. The number of hydrogen-bond acceptors (Lipinski definition) is 3. The molecule has 1 aromatic rings. The van der Waals surface area contributed by atoms with Crippen LogP contribution in [0.5, 0.6) is 5.75 Å². The number of nitrogens with zero attached hydrogens (tertiary/aromatic N) is 1. The van der Waals surface area contributed by atoms with E-state index in [0.717, 1.165) is 37.4 Å². The maximum Gasteiger partial charge on any atom is 0.226 e. The van der Waals surface area contributed by atoms with Crippen LogP contribution in [0.25, 0.3) is 0 Å². The first kappa shape index (κ1) is 17.8. The van der Waals surface area contributed by atoms with Crippen molar-refractivity contribution in [1.82, 2.24) is 10.2 Å². The lowest BCUT2D eigenvalue weighted by Gasteiger charge is -2.16. The Balaban J connectivity index is 0.00000220. The summed E-state index contributed by atoms with van der Waals surface area (Å²) in [6.07, 6.45) is 1.59. The summed E-state index contributed by atoms with van der Waals surface area (Å²) in [7, 11) is 1.96. The fraction of sp³-hybridized carbons (Fsp3) is 0.562. The number of carbonyl (C=O) groups excluding carboxylic acids is 1. The molecule has 0 radical (unpaired) electrons. The lowest BCUT2D eigenvalue weighted by Crippen LogP contribution is -2.31. The third kappa shape index (κ3) is 5.21. The SMILES string of the molecule is CCOc1ccc(CC(=O)N2CCC(CNC)C2)cc1.Cl. The second kappa shape index (κ2) is 8.90. The zero-order valence-corrected chi connectivity index (χ0v) is 13.6. The minimum absolute atomic E-state index is 0. The zero-order chi connectivity index (χ0) is 14.4. The molecule has 1 heterocycles. The van der Waals surface area contributed by atoms with Gasteiger partial charge in [0.2, 0.25) is 5.91 Å². The van der Waals surface area contributed by atoms with E-state index in [1.54, 1.807) is 0 Å². The molecule has 1 aliphatic rings. The maximum atomic E-state index is 12.2. The Kier molecular flexibility index (Phi) is 7.54. The summed E-state index contributed by atoms with van der Waals surface area (Å²) in [6.45, 7) is 5.40. The Morgan fingerprint density at radius 2 is 2.10 bits per heavy atom. The van der Waals surface area contributed by atoms with Crippen LogP contribution in [-0.2, 0) is 11.2 Å². The fourth-order valence-electron chi connectivity index (χ4n) is 2.67. The standard InChI is InChI=1S/C16H24N2O2.ClH/c1-3-20-15-6-4-13(5-7-15)10-16(19)18-9-8-14(12-18)11-17-2;/h4-7,14,17H,3,8-12H2,1-2H3;1H. The monoisotopic (exact) mass is 312 g/mol. The number of hydrogen-bond donors (Lipinski definition) is 1. The largest absolute Gasteiger partial charge is 0.494 e. The van der Waals surface area contributed by atoms with Crippen molar-refractivity contribution in [1.29, 1.82) is 0 Å². The van der Waals surface area contributed by atoms with Crippen LogP contribution >= 0.6 is 12.4 Å². The summed E-state index contributed by atoms with van der Waals surface area (Å²) in [5.74, 6) is 1.69. The van der Waals surface area contributed by atoms with Gasteiger partial charge in [-0.1, -0.05) is 12.1 Å². The van der Waals surface area contributed by atoms with Crippen molar-refractivity contribution >= 4 is 18.3 Å². The van der Waals surface area contributed by atoms with Crippen molar-refractivity contribution in [2.24, 2.45) is 5.92 Å². The normalized spacial score (nSPS) is 17.4. The smallest absolute Gasteiger partial charge is 0.226 e. The molecule has 1 aromatic carbocycles. The summed E-state index contributed by atoms with van der Waals surface area (Å²) in [5, 5.41) is 3.19. The van der Waals surface area contributed by atoms with E-state index < -0.39 is 0 Å². The number of ether oxygens (including phenoxy) is 1. The van der Waals surface area contributed by atoms with Gasteiger partial charge >= 0.3 is 0 Å². The molecule has 118 valence electrons. The van der Waals surface area contributed by atoms with Gasteiger partial charge in [0.25, 0.3) is 0 Å². The van der Waals surface area contributed by atoms with Crippen molar-refractivity contribution < 1.29 is 9.53 Å². The molecule has 0 saturated carbocycles. The molecule has 21 heavy (non-hydrogen) atoms. The van der Waals surface area contributed by atoms with Crippen LogP contribution in [0, 0.1) is 5.92 Å². The molecule has 0 aromatic heterocycles. The molecule has 1 atom stereocenters. The lowest BCUT2D eigenvalue weighted by atomic mass is 10.1. The van der Waals surface area contributed by atoms with Gasteiger partial charge in [0.15, 0.2) is 0 Å². The van der Waals surface area contributed by atoms with E-state index in [1.165, 1.54) is 0 Å². The summed E-state index contributed by atoms with van der Waals surface area (Å²) in [6, 6.07) is 7.81. The van der Waals surface area contributed by atoms with Crippen molar-refractivity contribution in [3.63, 3.8) is 0 Å². The van der Waals surface area contributed by atoms with E-state index in [0.29, 0.717) is 18.9 Å². The van der Waals surface area contributed by atoms with Crippen LogP contribution in [0.2, 0.25) is 0 Å². The van der Waals surface area contributed by atoms with E-state index in [-0.39, 0.29) is 18.3 Å². The predicted molar refractivity (Wildman–Crippen MR) is 87.2 cm³/mol. The number of amides is 1. The molecule has 1 amide bonds. The number of rotatable bonds is 6. The summed E-state index contributed by atoms with van der Waals surface area (Å²) < 4.78 is 5.40. The minimum Gasteiger partial charge on any atom is -0.494 e. The van der Waals surface area contributed by atoms with Gasteiger partial charge in [0.05, 0.1) is 13.0 Å². The minimum atomic E-state index is 0. The highest BCUT2D eigenvalue weighted by molar-refractivity contribution is 5.85. The number of benzene rings is 1. The molecule has 5 heteroatoms. The Bertz CT molecular complexity index is 436. The summed E-state index contributed by atoms with van der Waals surface area (Å²) in [5.41, 5.74) is 1.05. The van der Waals surface area contributed by atoms with E-state index in [4.69, 9.17) is 4.74 Å². The zero-order valence-electron chi connectivity index (χ0n) is 12.8. The molecule has 0 aliphatic carbocycles. The fourth-order valence-corrected chi connectivity index (χ4v) is 2.67. The number of carbonyl (C=O) groups is 1. The Morgan fingerprint density at radius 3 is 2.71 bits per heavy atom. The van der Waals surface area contributed by atoms with E-state index in [9.17, 15) is 4.79 Å². The molecule has 1 saturated heterocycles. The topological polar surface area (TPSA) is 41.6 Å². The first-order valence-electron chi connectivity index (χ1n) is 7.37. The van der Waals surface area contributed by atoms with Crippen LogP contribution in [0.3, 0.4) is 0 Å². The van der Waals surface area contributed by atoms with Gasteiger partial charge in [-0.15, -0.1) is 12.4 Å². The molecule has 0 bridgehead atoms. The van der Waals surface area contributed by atoms with Gasteiger partial charge in [-0.25, -0.2) is 0 Å². The Labute approximate surface area is 133 Å². The third-order valence-corrected chi connectivity index (χ3v) is 3.72. The number of halogens is 1. The Hall–Kier alpha value is -1.26. The second-order valence-electron chi connectivity index (χ2n) is 5.31. The van der Waals surface area contributed by atoms with Gasteiger partial charge in [0.1, 0.15) is 5.75 Å². The molecule has 1 N–H and O–H groups in total. The van der Waals surface area contributed by atoms with E-state index >= 15 is 0 Å². The Morgan fingerprint density at radius 1 is 1.38 bits per heavy atom. The van der Waals surface area contributed by atoms with E-state index in [1.807, 2.05) is 43.1 Å². The maximum absolute atomic E-state index is 12.2. The lowest BCUT2D eigenvalue weighted by molar-refractivity contribution is -0.129. The predicted octanol–water partition coefficient (Wildman–Crippen LogP) is 2.12. The molecular weight excluding hydrogens is 288 g/mol. The highest BCUT2D eigenvalue weighted by Gasteiger charge is 2.25. The molecule has 1 aliphatic heterocycles. The van der Waals surface area contributed by atoms with Gasteiger partial charge in [0, 0.05) is 13.1 Å². The molecule has 1 unspecified atom stereocenters. The van der Waals surface area contributed by atoms with E-state index in [2.05, 4.69) is 5.32 Å². The average Bonchev–Trinajstić information content (AvgIpc) is 2.90. The van der Waals surface area contributed by atoms with Gasteiger partial charge in [-0.3, -0.25) is 4.79 Å². The quantitative estimate of drug-likeness (QED) is 0.875. The van der Waals surface area contributed by atoms with Crippen molar-refractivity contribution in [2.75, 3.05) is 33.3 Å². The van der Waals surface area contributed by atoms with Crippen LogP contribution in [-0.4, -0.2) is 44.1 Å². The third-order valence-electron chi connectivity index (χ3n) is 3.72. The van der Waals surface area contributed by atoms with Gasteiger partial charge in [-0.2, -0.15) is 0 Å². The van der Waals surface area contributed by atoms with Gasteiger partial charge in [-0.05, 0) is 50.6 Å². The molecule has 0 spiro atoms. The average molecular weight is 313 g/mol. The van der Waals surface area contributed by atoms with Crippen molar-refractivity contribution in [2.45, 2.75) is 19.8 Å². The van der Waals surface area contributed by atoms with Crippen molar-refractivity contribution in [3.8, 4) is 5.75 Å². The first-order valence-corrected chi connectivity index (χ1v) is 7.37.